The Balaban J connectivity index is 5.21. The number of hydrogen-bond donors (Lipinski definition) is 3. The first kappa shape index (κ1) is 92.1. The molecule has 0 fully saturated rings. The first-order chi connectivity index (χ1) is 45.2. The molecule has 0 aromatic rings. The molecule has 94 heavy (non-hydrogen) atoms. The number of rotatable bonds is 73. The Kier molecular flexibility index (Phi) is 64.3. The Bertz CT molecular complexity index is 1840. The summed E-state index contributed by atoms with van der Waals surface area (Å²) in [4.78, 5) is 72.7. The number of unbranched alkanes of at least 4 members (excludes halogenated alkanes) is 41. The third-order valence-corrected chi connectivity index (χ3v) is 19.3. The number of phosphoric acid groups is 2. The molecule has 19 heteroatoms. The van der Waals surface area contributed by atoms with Crippen molar-refractivity contribution in [1.29, 1.82) is 0 Å². The number of phosphoric ester groups is 2. The number of carbonyl (C=O) groups excluding carboxylic acids is 4. The fourth-order valence-electron chi connectivity index (χ4n) is 11.4. The van der Waals surface area contributed by atoms with Crippen LogP contribution in [0.5, 0.6) is 0 Å². The van der Waals surface area contributed by atoms with Gasteiger partial charge in [-0.25, -0.2) is 9.13 Å². The van der Waals surface area contributed by atoms with E-state index >= 15 is 0 Å². The van der Waals surface area contributed by atoms with E-state index in [0.29, 0.717) is 37.5 Å². The van der Waals surface area contributed by atoms with E-state index in [9.17, 15) is 43.2 Å². The molecule has 0 saturated heterocycles. The van der Waals surface area contributed by atoms with Gasteiger partial charge in [-0.3, -0.25) is 37.3 Å². The zero-order valence-electron chi connectivity index (χ0n) is 61.4. The monoisotopic (exact) mass is 1380 g/mol. The normalized spacial score (nSPS) is 14.1. The first-order valence-corrected chi connectivity index (χ1v) is 41.8. The molecule has 0 aromatic heterocycles. The highest BCUT2D eigenvalue weighted by Gasteiger charge is 2.30. The lowest BCUT2D eigenvalue weighted by atomic mass is 10.0. The predicted molar refractivity (Wildman–Crippen MR) is 381 cm³/mol. The minimum absolute atomic E-state index is 0.102. The van der Waals surface area contributed by atoms with Gasteiger partial charge in [0.15, 0.2) is 12.2 Å². The van der Waals surface area contributed by atoms with Gasteiger partial charge >= 0.3 is 39.5 Å². The lowest BCUT2D eigenvalue weighted by Gasteiger charge is -2.21. The molecule has 0 spiro atoms. The molecule has 0 rings (SSSR count). The molecule has 0 aliphatic rings. The summed E-state index contributed by atoms with van der Waals surface area (Å²) in [7, 11) is -9.91. The van der Waals surface area contributed by atoms with Crippen LogP contribution in [0.3, 0.4) is 0 Å². The number of esters is 4. The van der Waals surface area contributed by atoms with Crippen LogP contribution in [-0.2, 0) is 65.4 Å². The average Bonchev–Trinajstić information content (AvgIpc) is 1.36. The van der Waals surface area contributed by atoms with Gasteiger partial charge in [-0.05, 0) is 43.4 Å². The van der Waals surface area contributed by atoms with Crippen LogP contribution in [0.4, 0.5) is 0 Å². The predicted octanol–water partition coefficient (Wildman–Crippen LogP) is 21.8. The standard InChI is InChI=1S/C75H146O17P2/c1-8-9-10-11-12-13-14-15-16-17-20-23-26-29-34-42-49-56-72(77)85-62-70(91-74(79)58-51-44-35-30-27-24-21-18-19-22-25-28-32-39-46-53-66(2)3)64-89-93(81,82)87-60-69(76)61-88-94(83,84)90-65-71(63-86-73(78)57-50-43-38-37-41-48-55-68(6)7)92-75(80)59-52-45-36-31-33-40-47-54-67(4)5/h66-71,76H,8-65H2,1-7H3,(H,81,82)(H,83,84)/t69-,70-,71-/m1/s1. The van der Waals surface area contributed by atoms with Gasteiger partial charge in [0, 0.05) is 25.7 Å². The summed E-state index contributed by atoms with van der Waals surface area (Å²) in [6.07, 6.45) is 51.7. The number of carbonyl (C=O) groups is 4. The van der Waals surface area contributed by atoms with Crippen LogP contribution in [-0.4, -0.2) is 96.7 Å². The van der Waals surface area contributed by atoms with Crippen LogP contribution in [0.25, 0.3) is 0 Å². The van der Waals surface area contributed by atoms with Gasteiger partial charge < -0.3 is 33.8 Å². The minimum atomic E-state index is -4.96. The van der Waals surface area contributed by atoms with E-state index < -0.39 is 97.5 Å². The Morgan fingerprint density at radius 1 is 0.287 bits per heavy atom. The molecule has 5 atom stereocenters. The maximum absolute atomic E-state index is 13.1. The van der Waals surface area contributed by atoms with E-state index in [2.05, 4.69) is 48.5 Å². The zero-order valence-corrected chi connectivity index (χ0v) is 63.2. The smallest absolute Gasteiger partial charge is 0.462 e. The van der Waals surface area contributed by atoms with Crippen LogP contribution in [0.1, 0.15) is 382 Å². The van der Waals surface area contributed by atoms with Gasteiger partial charge in [0.25, 0.3) is 0 Å². The van der Waals surface area contributed by atoms with E-state index in [-0.39, 0.29) is 25.7 Å². The second kappa shape index (κ2) is 65.7. The molecule has 17 nitrogen and oxygen atoms in total. The highest BCUT2D eigenvalue weighted by Crippen LogP contribution is 2.45. The second-order valence-corrected chi connectivity index (χ2v) is 31.4. The van der Waals surface area contributed by atoms with E-state index in [1.54, 1.807) is 0 Å². The third kappa shape index (κ3) is 68.6. The van der Waals surface area contributed by atoms with Crippen molar-refractivity contribution in [2.45, 2.75) is 401 Å². The second-order valence-electron chi connectivity index (χ2n) is 28.5. The average molecular weight is 1380 g/mol. The van der Waals surface area contributed by atoms with E-state index in [0.717, 1.165) is 102 Å². The number of aliphatic hydroxyl groups is 1. The number of ether oxygens (including phenoxy) is 4. The van der Waals surface area contributed by atoms with E-state index in [1.807, 2.05) is 0 Å². The maximum atomic E-state index is 13.1. The summed E-state index contributed by atoms with van der Waals surface area (Å²) in [6, 6.07) is 0. The van der Waals surface area contributed by atoms with Gasteiger partial charge in [-0.2, -0.15) is 0 Å². The fourth-order valence-corrected chi connectivity index (χ4v) is 13.0. The molecule has 0 amide bonds. The highest BCUT2D eigenvalue weighted by atomic mass is 31.2. The summed E-state index contributed by atoms with van der Waals surface area (Å²) in [5.41, 5.74) is 0. The fraction of sp³-hybridized carbons (Fsp3) is 0.947. The summed E-state index contributed by atoms with van der Waals surface area (Å²) in [5, 5.41) is 10.6. The minimum Gasteiger partial charge on any atom is -0.462 e. The zero-order chi connectivity index (χ0) is 69.4. The van der Waals surface area contributed by atoms with Gasteiger partial charge in [0.05, 0.1) is 26.4 Å². The third-order valence-electron chi connectivity index (χ3n) is 17.4. The molecule has 558 valence electrons. The van der Waals surface area contributed by atoms with Crippen molar-refractivity contribution < 1.29 is 80.2 Å². The highest BCUT2D eigenvalue weighted by molar-refractivity contribution is 7.47. The van der Waals surface area contributed by atoms with Crippen molar-refractivity contribution in [3.8, 4) is 0 Å². The molecule has 0 aliphatic carbocycles. The van der Waals surface area contributed by atoms with Crippen molar-refractivity contribution in [3.05, 3.63) is 0 Å². The van der Waals surface area contributed by atoms with Crippen molar-refractivity contribution >= 4 is 39.5 Å². The molecule has 0 heterocycles. The SMILES string of the molecule is CCCCCCCCCCCCCCCCCCCC(=O)OC[C@H](COP(=O)(O)OC[C@@H](O)COP(=O)(O)OC[C@@H](COC(=O)CCCCCCCCC(C)C)OC(=O)CCCCCCCCCC(C)C)OC(=O)CCCCCCCCCCCCCCCCCC(C)C. The van der Waals surface area contributed by atoms with Crippen molar-refractivity contribution in [2.24, 2.45) is 17.8 Å². The van der Waals surface area contributed by atoms with Crippen molar-refractivity contribution in [3.63, 3.8) is 0 Å². The van der Waals surface area contributed by atoms with Crippen LogP contribution in [0.2, 0.25) is 0 Å². The lowest BCUT2D eigenvalue weighted by Crippen LogP contribution is -2.30. The quantitative estimate of drug-likeness (QED) is 0.0222. The van der Waals surface area contributed by atoms with Crippen molar-refractivity contribution in [1.82, 2.24) is 0 Å². The molecule has 3 N–H and O–H groups in total. The van der Waals surface area contributed by atoms with Crippen LogP contribution in [0.15, 0.2) is 0 Å². The number of aliphatic hydroxyl groups excluding tert-OH is 1. The molecule has 0 aromatic carbocycles. The summed E-state index contributed by atoms with van der Waals surface area (Å²) >= 11 is 0. The Morgan fingerprint density at radius 3 is 0.723 bits per heavy atom. The molecule has 0 aliphatic heterocycles. The maximum Gasteiger partial charge on any atom is 0.472 e. The van der Waals surface area contributed by atoms with Gasteiger partial charge in [-0.1, -0.05) is 331 Å². The van der Waals surface area contributed by atoms with Gasteiger partial charge in [-0.15, -0.1) is 0 Å². The Hall–Kier alpha value is -1.94. The molecular weight excluding hydrogens is 1230 g/mol. The molecule has 0 bridgehead atoms. The summed E-state index contributed by atoms with van der Waals surface area (Å²) < 4.78 is 68.4. The van der Waals surface area contributed by atoms with E-state index in [4.69, 9.17) is 37.0 Å². The van der Waals surface area contributed by atoms with Crippen molar-refractivity contribution in [2.75, 3.05) is 39.6 Å². The van der Waals surface area contributed by atoms with Crippen LogP contribution >= 0.6 is 15.6 Å². The first-order valence-electron chi connectivity index (χ1n) is 38.8. The molecule has 2 unspecified atom stereocenters. The van der Waals surface area contributed by atoms with Crippen LogP contribution < -0.4 is 0 Å². The van der Waals surface area contributed by atoms with Gasteiger partial charge in [0.2, 0.25) is 0 Å². The summed E-state index contributed by atoms with van der Waals surface area (Å²) in [6.45, 7) is 11.8. The Labute approximate surface area is 575 Å². The largest absolute Gasteiger partial charge is 0.472 e. The van der Waals surface area contributed by atoms with Gasteiger partial charge in [0.1, 0.15) is 19.3 Å². The summed E-state index contributed by atoms with van der Waals surface area (Å²) in [5.74, 6) is 0.0541. The lowest BCUT2D eigenvalue weighted by molar-refractivity contribution is -0.161. The molecule has 0 radical (unpaired) electrons. The number of hydrogen-bond acceptors (Lipinski definition) is 15. The van der Waals surface area contributed by atoms with Crippen LogP contribution in [0, 0.1) is 17.8 Å². The molecular formula is C75H146O17P2. The van der Waals surface area contributed by atoms with E-state index in [1.165, 1.54) is 186 Å². The molecule has 0 saturated carbocycles. The topological polar surface area (TPSA) is 237 Å². The Morgan fingerprint density at radius 2 is 0.489 bits per heavy atom.